The lowest BCUT2D eigenvalue weighted by atomic mass is 9.82. The highest BCUT2D eigenvalue weighted by Crippen LogP contribution is 2.29. The van der Waals surface area contributed by atoms with Crippen LogP contribution in [-0.4, -0.2) is 24.0 Å². The van der Waals surface area contributed by atoms with Gasteiger partial charge in [-0.05, 0) is 43.5 Å². The fraction of sp³-hybridized carbons (Fsp3) is 0.647. The highest BCUT2D eigenvalue weighted by molar-refractivity contribution is 5.41. The summed E-state index contributed by atoms with van der Waals surface area (Å²) in [6, 6.07) is 9.18. The molecule has 0 spiro atoms. The molecule has 106 valence electrons. The van der Waals surface area contributed by atoms with Gasteiger partial charge in [-0.1, -0.05) is 39.3 Å². The van der Waals surface area contributed by atoms with Gasteiger partial charge in [-0.15, -0.1) is 0 Å². The summed E-state index contributed by atoms with van der Waals surface area (Å²) >= 11 is 0. The Morgan fingerprint density at radius 3 is 2.53 bits per heavy atom. The Hall–Kier alpha value is -1.02. The average molecular weight is 260 g/mol. The largest absolute Gasteiger partial charge is 0.399 e. The summed E-state index contributed by atoms with van der Waals surface area (Å²) in [6.07, 6.45) is 5.40. The van der Waals surface area contributed by atoms with E-state index in [0.717, 1.165) is 18.3 Å². The molecule has 19 heavy (non-hydrogen) atoms. The number of anilines is 1. The van der Waals surface area contributed by atoms with Gasteiger partial charge in [0.05, 0.1) is 0 Å². The van der Waals surface area contributed by atoms with Crippen molar-refractivity contribution in [3.8, 4) is 0 Å². The second-order valence-corrected chi connectivity index (χ2v) is 6.53. The van der Waals surface area contributed by atoms with E-state index < -0.39 is 0 Å². The molecule has 2 rings (SSSR count). The normalized spacial score (nSPS) is 21.5. The Morgan fingerprint density at radius 1 is 1.21 bits per heavy atom. The van der Waals surface area contributed by atoms with Gasteiger partial charge < -0.3 is 5.73 Å². The molecule has 2 heteroatoms. The van der Waals surface area contributed by atoms with Crippen LogP contribution in [-0.2, 0) is 5.41 Å². The molecule has 0 saturated carbocycles. The van der Waals surface area contributed by atoms with Crippen molar-refractivity contribution in [3.05, 3.63) is 29.8 Å². The Balaban J connectivity index is 2.09. The molecule has 1 saturated heterocycles. The molecule has 0 bridgehead atoms. The number of likely N-dealkylation sites (tertiary alicyclic amines) is 1. The van der Waals surface area contributed by atoms with Crippen molar-refractivity contribution in [2.24, 2.45) is 0 Å². The van der Waals surface area contributed by atoms with Gasteiger partial charge in [0.15, 0.2) is 0 Å². The maximum absolute atomic E-state index is 5.79. The first kappa shape index (κ1) is 14.4. The van der Waals surface area contributed by atoms with E-state index in [0.29, 0.717) is 0 Å². The first-order chi connectivity index (χ1) is 9.03. The minimum absolute atomic E-state index is 0.193. The molecule has 0 aliphatic carbocycles. The lowest BCUT2D eigenvalue weighted by Crippen LogP contribution is -2.45. The summed E-state index contributed by atoms with van der Waals surface area (Å²) < 4.78 is 0. The molecule has 1 aromatic rings. The number of rotatable bonds is 4. The van der Waals surface area contributed by atoms with Crippen LogP contribution in [0.4, 0.5) is 5.69 Å². The van der Waals surface area contributed by atoms with Gasteiger partial charge in [-0.25, -0.2) is 0 Å². The van der Waals surface area contributed by atoms with Crippen molar-refractivity contribution in [3.63, 3.8) is 0 Å². The average Bonchev–Trinajstić information content (AvgIpc) is 2.39. The van der Waals surface area contributed by atoms with Gasteiger partial charge >= 0.3 is 0 Å². The highest BCUT2D eigenvalue weighted by atomic mass is 15.2. The summed E-state index contributed by atoms with van der Waals surface area (Å²) in [7, 11) is 0. The zero-order valence-electron chi connectivity index (χ0n) is 12.7. The van der Waals surface area contributed by atoms with Crippen molar-refractivity contribution < 1.29 is 0 Å². The van der Waals surface area contributed by atoms with Gasteiger partial charge in [0.1, 0.15) is 0 Å². The van der Waals surface area contributed by atoms with Crippen LogP contribution in [0.2, 0.25) is 0 Å². The number of benzene rings is 1. The summed E-state index contributed by atoms with van der Waals surface area (Å²) in [6.45, 7) is 9.42. The second kappa shape index (κ2) is 5.96. The Bertz CT molecular complexity index is 394. The lowest BCUT2D eigenvalue weighted by Gasteiger charge is -2.40. The monoisotopic (exact) mass is 260 g/mol. The second-order valence-electron chi connectivity index (χ2n) is 6.53. The van der Waals surface area contributed by atoms with Crippen LogP contribution in [0.1, 0.15) is 52.0 Å². The van der Waals surface area contributed by atoms with Gasteiger partial charge in [0, 0.05) is 23.7 Å². The molecular formula is C17H28N2. The fourth-order valence-electron chi connectivity index (χ4n) is 3.26. The molecule has 1 heterocycles. The third-order valence-electron chi connectivity index (χ3n) is 4.51. The topological polar surface area (TPSA) is 29.3 Å². The number of nitrogens with two attached hydrogens (primary N) is 1. The van der Waals surface area contributed by atoms with Gasteiger partial charge in [0.2, 0.25) is 0 Å². The van der Waals surface area contributed by atoms with Crippen molar-refractivity contribution >= 4 is 5.69 Å². The smallest absolute Gasteiger partial charge is 0.0314 e. The van der Waals surface area contributed by atoms with Crippen LogP contribution < -0.4 is 5.73 Å². The number of nitrogen functional groups attached to an aromatic ring is 1. The Morgan fingerprint density at radius 2 is 1.89 bits per heavy atom. The molecule has 0 aromatic heterocycles. The third kappa shape index (κ3) is 3.50. The minimum atomic E-state index is 0.193. The predicted octanol–water partition coefficient (Wildman–Crippen LogP) is 3.81. The highest BCUT2D eigenvalue weighted by Gasteiger charge is 2.28. The van der Waals surface area contributed by atoms with E-state index in [1.807, 2.05) is 12.1 Å². The third-order valence-corrected chi connectivity index (χ3v) is 4.51. The van der Waals surface area contributed by atoms with Crippen LogP contribution in [0.5, 0.6) is 0 Å². The van der Waals surface area contributed by atoms with Crippen LogP contribution in [0.15, 0.2) is 24.3 Å². The molecule has 0 radical (unpaired) electrons. The minimum Gasteiger partial charge on any atom is -0.399 e. The van der Waals surface area contributed by atoms with Crippen LogP contribution >= 0.6 is 0 Å². The standard InChI is InChI=1S/C17H28N2/c1-4-16-7-5-6-12-19(16)13-17(2,3)14-8-10-15(18)11-9-14/h8-11,16H,4-7,12-13,18H2,1-3H3. The maximum Gasteiger partial charge on any atom is 0.0314 e. The number of hydrogen-bond donors (Lipinski definition) is 1. The molecule has 1 aromatic carbocycles. The van der Waals surface area contributed by atoms with E-state index >= 15 is 0 Å². The number of hydrogen-bond acceptors (Lipinski definition) is 2. The summed E-state index contributed by atoms with van der Waals surface area (Å²) in [5.74, 6) is 0. The molecule has 0 amide bonds. The van der Waals surface area contributed by atoms with Crippen LogP contribution in [0.25, 0.3) is 0 Å². The van der Waals surface area contributed by atoms with E-state index in [9.17, 15) is 0 Å². The van der Waals surface area contributed by atoms with Crippen LogP contribution in [0.3, 0.4) is 0 Å². The summed E-state index contributed by atoms with van der Waals surface area (Å²) in [4.78, 5) is 2.69. The SMILES string of the molecule is CCC1CCCCN1CC(C)(C)c1ccc(N)cc1. The predicted molar refractivity (Wildman–Crippen MR) is 83.4 cm³/mol. The van der Waals surface area contributed by atoms with Crippen molar-refractivity contribution in [1.29, 1.82) is 0 Å². The molecule has 1 unspecified atom stereocenters. The molecule has 2 nitrogen and oxygen atoms in total. The molecule has 1 aliphatic heterocycles. The van der Waals surface area contributed by atoms with Gasteiger partial charge in [-0.3, -0.25) is 4.90 Å². The van der Waals surface area contributed by atoms with E-state index in [2.05, 4.69) is 37.8 Å². The number of nitrogens with zero attached hydrogens (tertiary/aromatic N) is 1. The van der Waals surface area contributed by atoms with E-state index in [4.69, 9.17) is 5.73 Å². The molecule has 1 fully saturated rings. The molecule has 1 atom stereocenters. The summed E-state index contributed by atoms with van der Waals surface area (Å²) in [5.41, 5.74) is 8.22. The Kier molecular flexibility index (Phi) is 4.51. The van der Waals surface area contributed by atoms with E-state index in [1.165, 1.54) is 37.8 Å². The quantitative estimate of drug-likeness (QED) is 0.834. The van der Waals surface area contributed by atoms with Crippen molar-refractivity contribution in [2.45, 2.75) is 57.9 Å². The molecule has 1 aliphatic rings. The number of piperidine rings is 1. The lowest BCUT2D eigenvalue weighted by molar-refractivity contribution is 0.118. The summed E-state index contributed by atoms with van der Waals surface area (Å²) in [5, 5.41) is 0. The first-order valence-corrected chi connectivity index (χ1v) is 7.63. The van der Waals surface area contributed by atoms with Gasteiger partial charge in [0.25, 0.3) is 0 Å². The first-order valence-electron chi connectivity index (χ1n) is 7.63. The van der Waals surface area contributed by atoms with Crippen molar-refractivity contribution in [2.75, 3.05) is 18.8 Å². The van der Waals surface area contributed by atoms with E-state index in [1.54, 1.807) is 0 Å². The molecule has 2 N–H and O–H groups in total. The van der Waals surface area contributed by atoms with Gasteiger partial charge in [-0.2, -0.15) is 0 Å². The molecular weight excluding hydrogens is 232 g/mol. The fourth-order valence-corrected chi connectivity index (χ4v) is 3.26. The maximum atomic E-state index is 5.79. The van der Waals surface area contributed by atoms with Crippen molar-refractivity contribution in [1.82, 2.24) is 4.90 Å². The zero-order valence-corrected chi connectivity index (χ0v) is 12.7. The van der Waals surface area contributed by atoms with E-state index in [-0.39, 0.29) is 5.41 Å². The van der Waals surface area contributed by atoms with Crippen LogP contribution in [0, 0.1) is 0 Å². The Labute approximate surface area is 118 Å². The zero-order chi connectivity index (χ0) is 13.9.